The fourth-order valence-corrected chi connectivity index (χ4v) is 2.67. The smallest absolute Gasteiger partial charge is 0.422 e. The largest absolute Gasteiger partial charge is 0.488 e. The first-order valence-electron chi connectivity index (χ1n) is 8.51. The van der Waals surface area contributed by atoms with E-state index < -0.39 is 12.8 Å². The number of aldehydes is 1. The van der Waals surface area contributed by atoms with Crippen LogP contribution in [-0.2, 0) is 6.61 Å². The molecule has 3 aromatic rings. The summed E-state index contributed by atoms with van der Waals surface area (Å²) in [5, 5.41) is 0. The van der Waals surface area contributed by atoms with E-state index in [1.807, 2.05) is 30.3 Å². The predicted octanol–water partition coefficient (Wildman–Crippen LogP) is 5.69. The molecule has 144 valence electrons. The first-order valence-corrected chi connectivity index (χ1v) is 8.51. The molecule has 0 N–H and O–H groups in total. The molecule has 0 heterocycles. The summed E-state index contributed by atoms with van der Waals surface area (Å²) >= 11 is 0. The van der Waals surface area contributed by atoms with E-state index in [0.29, 0.717) is 35.3 Å². The molecule has 0 aliphatic carbocycles. The number of rotatable bonds is 7. The lowest BCUT2D eigenvalue weighted by atomic mass is 10.0. The Morgan fingerprint density at radius 2 is 1.46 bits per heavy atom. The Balaban J connectivity index is 1.94. The number of hydrogen-bond acceptors (Lipinski definition) is 3. The molecule has 0 unspecified atom stereocenters. The highest BCUT2D eigenvalue weighted by Gasteiger charge is 2.29. The molecule has 0 saturated heterocycles. The molecular weight excluding hydrogens is 369 g/mol. The second-order valence-electron chi connectivity index (χ2n) is 6.05. The molecule has 0 aromatic heterocycles. The van der Waals surface area contributed by atoms with Crippen LogP contribution >= 0.6 is 0 Å². The summed E-state index contributed by atoms with van der Waals surface area (Å²) in [5.41, 5.74) is 2.18. The molecule has 28 heavy (non-hydrogen) atoms. The third-order valence-corrected chi connectivity index (χ3v) is 3.95. The SMILES string of the molecule is O=Cc1ccc(OCC(F)(F)F)c(-c2ccccc2OCc2ccccc2)c1. The lowest BCUT2D eigenvalue weighted by molar-refractivity contribution is -0.153. The first kappa shape index (κ1) is 19.5. The maximum absolute atomic E-state index is 12.6. The third kappa shape index (κ3) is 5.13. The zero-order chi connectivity index (χ0) is 20.0. The van der Waals surface area contributed by atoms with Crippen LogP contribution < -0.4 is 9.47 Å². The van der Waals surface area contributed by atoms with Gasteiger partial charge in [0, 0.05) is 16.7 Å². The molecule has 0 bridgehead atoms. The van der Waals surface area contributed by atoms with Crippen LogP contribution in [0.3, 0.4) is 0 Å². The predicted molar refractivity (Wildman–Crippen MR) is 99.6 cm³/mol. The number of para-hydroxylation sites is 1. The Hall–Kier alpha value is -3.28. The van der Waals surface area contributed by atoms with E-state index in [0.717, 1.165) is 5.56 Å². The number of hydrogen-bond donors (Lipinski definition) is 0. The van der Waals surface area contributed by atoms with Crippen LogP contribution in [0.5, 0.6) is 11.5 Å². The summed E-state index contributed by atoms with van der Waals surface area (Å²) in [4.78, 5) is 11.2. The molecule has 0 saturated carbocycles. The lowest BCUT2D eigenvalue weighted by Crippen LogP contribution is -2.19. The van der Waals surface area contributed by atoms with Gasteiger partial charge in [-0.25, -0.2) is 0 Å². The fraction of sp³-hybridized carbons (Fsp3) is 0.136. The van der Waals surface area contributed by atoms with Crippen molar-refractivity contribution in [2.75, 3.05) is 6.61 Å². The molecule has 3 rings (SSSR count). The number of ether oxygens (including phenoxy) is 2. The number of carbonyl (C=O) groups is 1. The van der Waals surface area contributed by atoms with Crippen molar-refractivity contribution in [3.63, 3.8) is 0 Å². The Morgan fingerprint density at radius 1 is 0.786 bits per heavy atom. The van der Waals surface area contributed by atoms with Crippen molar-refractivity contribution in [2.45, 2.75) is 12.8 Å². The summed E-state index contributed by atoms with van der Waals surface area (Å²) in [6.45, 7) is -1.13. The summed E-state index contributed by atoms with van der Waals surface area (Å²) in [5.74, 6) is 0.505. The van der Waals surface area contributed by atoms with Gasteiger partial charge in [-0.2, -0.15) is 13.2 Å². The van der Waals surface area contributed by atoms with E-state index in [1.165, 1.54) is 18.2 Å². The van der Waals surface area contributed by atoms with Gasteiger partial charge in [-0.05, 0) is 29.8 Å². The summed E-state index contributed by atoms with van der Waals surface area (Å²) < 4.78 is 48.7. The summed E-state index contributed by atoms with van der Waals surface area (Å²) in [6.07, 6.45) is -3.84. The van der Waals surface area contributed by atoms with Crippen molar-refractivity contribution in [3.05, 3.63) is 83.9 Å². The zero-order valence-corrected chi connectivity index (χ0v) is 14.8. The highest BCUT2D eigenvalue weighted by molar-refractivity contribution is 5.83. The molecule has 0 aliphatic rings. The topological polar surface area (TPSA) is 35.5 Å². The van der Waals surface area contributed by atoms with Crippen molar-refractivity contribution < 1.29 is 27.4 Å². The van der Waals surface area contributed by atoms with Gasteiger partial charge >= 0.3 is 6.18 Å². The van der Waals surface area contributed by atoms with Gasteiger partial charge in [-0.1, -0.05) is 48.5 Å². The van der Waals surface area contributed by atoms with Crippen LogP contribution in [0.2, 0.25) is 0 Å². The van der Waals surface area contributed by atoms with E-state index in [4.69, 9.17) is 9.47 Å². The van der Waals surface area contributed by atoms with E-state index in [9.17, 15) is 18.0 Å². The number of alkyl halides is 3. The van der Waals surface area contributed by atoms with Gasteiger partial charge in [0.15, 0.2) is 6.61 Å². The van der Waals surface area contributed by atoms with Crippen molar-refractivity contribution >= 4 is 6.29 Å². The highest BCUT2D eigenvalue weighted by Crippen LogP contribution is 2.37. The summed E-state index contributed by atoms with van der Waals surface area (Å²) in [6, 6.07) is 20.7. The van der Waals surface area contributed by atoms with Gasteiger partial charge in [0.2, 0.25) is 0 Å². The first-order chi connectivity index (χ1) is 13.5. The standard InChI is InChI=1S/C22H17F3O3/c23-22(24,25)15-28-21-11-10-17(13-26)12-19(21)18-8-4-5-9-20(18)27-14-16-6-2-1-3-7-16/h1-13H,14-15H2. The van der Waals surface area contributed by atoms with Crippen LogP contribution in [0.4, 0.5) is 13.2 Å². The van der Waals surface area contributed by atoms with E-state index in [-0.39, 0.29) is 5.75 Å². The van der Waals surface area contributed by atoms with Crippen molar-refractivity contribution in [3.8, 4) is 22.6 Å². The molecular formula is C22H17F3O3. The van der Waals surface area contributed by atoms with Crippen LogP contribution in [0.25, 0.3) is 11.1 Å². The van der Waals surface area contributed by atoms with E-state index in [2.05, 4.69) is 0 Å². The molecule has 0 atom stereocenters. The lowest BCUT2D eigenvalue weighted by Gasteiger charge is -2.16. The Morgan fingerprint density at radius 3 is 2.18 bits per heavy atom. The van der Waals surface area contributed by atoms with Crippen molar-refractivity contribution in [2.24, 2.45) is 0 Å². The average Bonchev–Trinajstić information content (AvgIpc) is 2.71. The van der Waals surface area contributed by atoms with Gasteiger partial charge in [0.25, 0.3) is 0 Å². The fourth-order valence-electron chi connectivity index (χ4n) is 2.67. The number of halogens is 3. The molecule has 6 heteroatoms. The second kappa shape index (κ2) is 8.61. The highest BCUT2D eigenvalue weighted by atomic mass is 19.4. The van der Waals surface area contributed by atoms with Gasteiger partial charge in [0.1, 0.15) is 24.4 Å². The van der Waals surface area contributed by atoms with Crippen LogP contribution in [0.15, 0.2) is 72.8 Å². The normalized spacial score (nSPS) is 11.1. The van der Waals surface area contributed by atoms with Gasteiger partial charge in [0.05, 0.1) is 0 Å². The Labute approximate surface area is 160 Å². The molecule has 0 amide bonds. The minimum atomic E-state index is -4.47. The Bertz CT molecular complexity index is 937. The van der Waals surface area contributed by atoms with Gasteiger partial charge in [-0.15, -0.1) is 0 Å². The third-order valence-electron chi connectivity index (χ3n) is 3.95. The van der Waals surface area contributed by atoms with Crippen molar-refractivity contribution in [1.82, 2.24) is 0 Å². The minimum absolute atomic E-state index is 0.0266. The zero-order valence-electron chi connectivity index (χ0n) is 14.8. The Kier molecular flexibility index (Phi) is 5.99. The molecule has 3 nitrogen and oxygen atoms in total. The van der Waals surface area contributed by atoms with Crippen molar-refractivity contribution in [1.29, 1.82) is 0 Å². The van der Waals surface area contributed by atoms with E-state index in [1.54, 1.807) is 24.3 Å². The molecule has 3 aromatic carbocycles. The number of carbonyl (C=O) groups excluding carboxylic acids is 1. The van der Waals surface area contributed by atoms with Crippen LogP contribution in [-0.4, -0.2) is 19.1 Å². The second-order valence-corrected chi connectivity index (χ2v) is 6.05. The monoisotopic (exact) mass is 386 g/mol. The molecule has 0 fully saturated rings. The van der Waals surface area contributed by atoms with Gasteiger partial charge in [-0.3, -0.25) is 4.79 Å². The maximum Gasteiger partial charge on any atom is 0.422 e. The quantitative estimate of drug-likeness (QED) is 0.490. The van der Waals surface area contributed by atoms with E-state index >= 15 is 0 Å². The maximum atomic E-state index is 12.6. The average molecular weight is 386 g/mol. The molecule has 0 spiro atoms. The number of benzene rings is 3. The van der Waals surface area contributed by atoms with Crippen LogP contribution in [0.1, 0.15) is 15.9 Å². The van der Waals surface area contributed by atoms with Gasteiger partial charge < -0.3 is 9.47 Å². The van der Waals surface area contributed by atoms with Crippen LogP contribution in [0, 0.1) is 0 Å². The molecule has 0 radical (unpaired) electrons. The molecule has 0 aliphatic heterocycles. The minimum Gasteiger partial charge on any atom is -0.488 e. The summed E-state index contributed by atoms with van der Waals surface area (Å²) in [7, 11) is 0.